The van der Waals surface area contributed by atoms with Crippen molar-refractivity contribution < 1.29 is 24.2 Å². The van der Waals surface area contributed by atoms with Gasteiger partial charge >= 0.3 is 5.97 Å². The van der Waals surface area contributed by atoms with Crippen molar-refractivity contribution in [1.29, 1.82) is 0 Å². The van der Waals surface area contributed by atoms with Crippen LogP contribution in [0.1, 0.15) is 32.1 Å². The number of carbonyl (C=O) groups is 2. The number of aliphatic carboxylic acids is 1. The Hall–Kier alpha value is -1.14. The summed E-state index contributed by atoms with van der Waals surface area (Å²) in [5.41, 5.74) is 0. The number of carboxylic acids is 1. The van der Waals surface area contributed by atoms with Gasteiger partial charge in [0.2, 0.25) is 5.91 Å². The van der Waals surface area contributed by atoms with Gasteiger partial charge in [-0.25, -0.2) is 4.79 Å². The molecule has 0 aromatic heterocycles. The van der Waals surface area contributed by atoms with Gasteiger partial charge in [-0.2, -0.15) is 0 Å². The molecule has 0 spiro atoms. The number of hydrogen-bond donors (Lipinski definition) is 1. The number of ether oxygens (including phenoxy) is 2. The first-order valence-corrected chi connectivity index (χ1v) is 6.90. The lowest BCUT2D eigenvalue weighted by Gasteiger charge is -2.33. The first-order valence-electron chi connectivity index (χ1n) is 6.90. The van der Waals surface area contributed by atoms with E-state index in [4.69, 9.17) is 14.6 Å². The van der Waals surface area contributed by atoms with Gasteiger partial charge in [0.25, 0.3) is 0 Å². The zero-order valence-electron chi connectivity index (χ0n) is 11.0. The Morgan fingerprint density at radius 1 is 1.26 bits per heavy atom. The monoisotopic (exact) mass is 271 g/mol. The van der Waals surface area contributed by atoms with Crippen LogP contribution in [0.5, 0.6) is 0 Å². The lowest BCUT2D eigenvalue weighted by molar-refractivity contribution is -0.161. The molecule has 2 aliphatic rings. The molecule has 1 aliphatic heterocycles. The third kappa shape index (κ3) is 3.91. The summed E-state index contributed by atoms with van der Waals surface area (Å²) in [7, 11) is 0. The van der Waals surface area contributed by atoms with Crippen molar-refractivity contribution >= 4 is 11.9 Å². The van der Waals surface area contributed by atoms with Crippen molar-refractivity contribution in [2.45, 2.75) is 44.2 Å². The third-order valence-electron chi connectivity index (χ3n) is 3.73. The molecule has 1 saturated heterocycles. The summed E-state index contributed by atoms with van der Waals surface area (Å²) >= 11 is 0. The second-order valence-electron chi connectivity index (χ2n) is 5.09. The van der Waals surface area contributed by atoms with Crippen molar-refractivity contribution in [3.8, 4) is 0 Å². The molecule has 1 atom stereocenters. The van der Waals surface area contributed by atoms with Crippen LogP contribution in [0.15, 0.2) is 0 Å². The number of nitrogens with zero attached hydrogens (tertiary/aromatic N) is 1. The number of carboxylic acid groups (broad SMARTS) is 1. The second kappa shape index (κ2) is 6.86. The van der Waals surface area contributed by atoms with E-state index in [0.29, 0.717) is 13.2 Å². The van der Waals surface area contributed by atoms with Gasteiger partial charge in [0.15, 0.2) is 6.04 Å². The van der Waals surface area contributed by atoms with Crippen LogP contribution in [-0.2, 0) is 19.1 Å². The average Bonchev–Trinajstić information content (AvgIpc) is 2.46. The Bertz CT molecular complexity index is 327. The highest BCUT2D eigenvalue weighted by atomic mass is 16.5. The Kier molecular flexibility index (Phi) is 5.15. The predicted molar refractivity (Wildman–Crippen MR) is 66.8 cm³/mol. The standard InChI is InChI=1S/C13H21NO5/c15-12(9-19-10-4-2-1-3-5-10)14-6-7-18-8-11(14)13(16)17/h10-11H,1-9H2,(H,16,17)/t11-/m1/s1. The SMILES string of the molecule is O=C(O)[C@H]1COCCN1C(=O)COC1CCCCC1. The van der Waals surface area contributed by atoms with Crippen LogP contribution < -0.4 is 0 Å². The fourth-order valence-electron chi connectivity index (χ4n) is 2.61. The molecule has 0 aromatic carbocycles. The van der Waals surface area contributed by atoms with Crippen LogP contribution >= 0.6 is 0 Å². The van der Waals surface area contributed by atoms with Gasteiger partial charge in [0, 0.05) is 6.54 Å². The molecular weight excluding hydrogens is 250 g/mol. The minimum Gasteiger partial charge on any atom is -0.480 e. The first-order chi connectivity index (χ1) is 9.18. The Labute approximate surface area is 112 Å². The Morgan fingerprint density at radius 2 is 2.00 bits per heavy atom. The van der Waals surface area contributed by atoms with Crippen LogP contribution in [0.4, 0.5) is 0 Å². The van der Waals surface area contributed by atoms with E-state index < -0.39 is 12.0 Å². The molecule has 6 heteroatoms. The van der Waals surface area contributed by atoms with E-state index in [9.17, 15) is 9.59 Å². The Balaban J connectivity index is 1.81. The summed E-state index contributed by atoms with van der Waals surface area (Å²) in [4.78, 5) is 24.5. The highest BCUT2D eigenvalue weighted by molar-refractivity contribution is 5.84. The molecular formula is C13H21NO5. The van der Waals surface area contributed by atoms with Crippen LogP contribution in [0.3, 0.4) is 0 Å². The van der Waals surface area contributed by atoms with Crippen LogP contribution in [0.25, 0.3) is 0 Å². The molecule has 19 heavy (non-hydrogen) atoms. The molecule has 1 amide bonds. The molecule has 0 radical (unpaired) electrons. The van der Waals surface area contributed by atoms with Gasteiger partial charge < -0.3 is 19.5 Å². The summed E-state index contributed by atoms with van der Waals surface area (Å²) in [5, 5.41) is 9.06. The molecule has 2 rings (SSSR count). The smallest absolute Gasteiger partial charge is 0.328 e. The minimum atomic E-state index is -1.02. The third-order valence-corrected chi connectivity index (χ3v) is 3.73. The van der Waals surface area contributed by atoms with E-state index in [1.165, 1.54) is 11.3 Å². The van der Waals surface area contributed by atoms with Crippen molar-refractivity contribution in [3.63, 3.8) is 0 Å². The quantitative estimate of drug-likeness (QED) is 0.812. The van der Waals surface area contributed by atoms with Gasteiger partial charge in [-0.05, 0) is 12.8 Å². The predicted octanol–water partition coefficient (Wildman–Crippen LogP) is 0.648. The maximum atomic E-state index is 12.0. The summed E-state index contributed by atoms with van der Waals surface area (Å²) in [6, 6.07) is -0.879. The van der Waals surface area contributed by atoms with Gasteiger partial charge in [-0.15, -0.1) is 0 Å². The Morgan fingerprint density at radius 3 is 2.68 bits per heavy atom. The summed E-state index contributed by atoms with van der Waals surface area (Å²) in [6.07, 6.45) is 5.68. The lowest BCUT2D eigenvalue weighted by Crippen LogP contribution is -2.53. The maximum absolute atomic E-state index is 12.0. The fourth-order valence-corrected chi connectivity index (χ4v) is 2.61. The van der Waals surface area contributed by atoms with E-state index in [2.05, 4.69) is 0 Å². The second-order valence-corrected chi connectivity index (χ2v) is 5.09. The summed E-state index contributed by atoms with van der Waals surface area (Å²) in [5.74, 6) is -1.27. The summed E-state index contributed by atoms with van der Waals surface area (Å²) in [6.45, 7) is 0.752. The zero-order chi connectivity index (χ0) is 13.7. The van der Waals surface area contributed by atoms with Gasteiger partial charge in [0.05, 0.1) is 19.3 Å². The van der Waals surface area contributed by atoms with E-state index in [-0.39, 0.29) is 25.2 Å². The molecule has 0 bridgehead atoms. The number of rotatable bonds is 4. The van der Waals surface area contributed by atoms with Crippen molar-refractivity contribution in [2.24, 2.45) is 0 Å². The molecule has 1 aliphatic carbocycles. The maximum Gasteiger partial charge on any atom is 0.328 e. The van der Waals surface area contributed by atoms with Gasteiger partial charge in [-0.3, -0.25) is 4.79 Å². The molecule has 1 N–H and O–H groups in total. The average molecular weight is 271 g/mol. The van der Waals surface area contributed by atoms with E-state index >= 15 is 0 Å². The van der Waals surface area contributed by atoms with Crippen LogP contribution in [-0.4, -0.2) is 60.4 Å². The highest BCUT2D eigenvalue weighted by Crippen LogP contribution is 2.20. The molecule has 0 unspecified atom stereocenters. The number of morpholine rings is 1. The molecule has 1 saturated carbocycles. The van der Waals surface area contributed by atoms with E-state index in [1.807, 2.05) is 0 Å². The van der Waals surface area contributed by atoms with Gasteiger partial charge in [-0.1, -0.05) is 19.3 Å². The number of hydrogen-bond acceptors (Lipinski definition) is 4. The molecule has 2 fully saturated rings. The minimum absolute atomic E-state index is 0.0194. The molecule has 6 nitrogen and oxygen atoms in total. The van der Waals surface area contributed by atoms with Crippen molar-refractivity contribution in [3.05, 3.63) is 0 Å². The highest BCUT2D eigenvalue weighted by Gasteiger charge is 2.32. The lowest BCUT2D eigenvalue weighted by atomic mass is 9.98. The molecule has 1 heterocycles. The van der Waals surface area contributed by atoms with Crippen LogP contribution in [0.2, 0.25) is 0 Å². The first kappa shape index (κ1) is 14.3. The number of carbonyl (C=O) groups excluding carboxylic acids is 1. The van der Waals surface area contributed by atoms with Crippen LogP contribution in [0, 0.1) is 0 Å². The fraction of sp³-hybridized carbons (Fsp3) is 0.846. The molecule has 108 valence electrons. The largest absolute Gasteiger partial charge is 0.480 e. The molecule has 0 aromatic rings. The zero-order valence-corrected chi connectivity index (χ0v) is 11.0. The normalized spacial score (nSPS) is 25.3. The topological polar surface area (TPSA) is 76.1 Å². The van der Waals surface area contributed by atoms with Crippen molar-refractivity contribution in [1.82, 2.24) is 4.90 Å². The van der Waals surface area contributed by atoms with Gasteiger partial charge in [0.1, 0.15) is 6.61 Å². The van der Waals surface area contributed by atoms with E-state index in [1.54, 1.807) is 0 Å². The van der Waals surface area contributed by atoms with E-state index in [0.717, 1.165) is 25.7 Å². The summed E-state index contributed by atoms with van der Waals surface area (Å²) < 4.78 is 10.7. The number of amides is 1. The van der Waals surface area contributed by atoms with Crippen molar-refractivity contribution in [2.75, 3.05) is 26.4 Å².